The summed E-state index contributed by atoms with van der Waals surface area (Å²) in [5.74, 6) is 0. The van der Waals surface area contributed by atoms with Crippen LogP contribution in [0, 0.1) is 0 Å². The molecule has 0 N–H and O–H groups in total. The van der Waals surface area contributed by atoms with E-state index in [1.54, 1.807) is 0 Å². The molecule has 0 aromatic heterocycles. The molecule has 0 saturated heterocycles. The number of hydrogen-bond acceptors (Lipinski definition) is 0. The van der Waals surface area contributed by atoms with Crippen molar-refractivity contribution >= 4 is 64.6 Å². The molecule has 0 bridgehead atoms. The molecule has 0 fully saturated rings. The summed E-state index contributed by atoms with van der Waals surface area (Å²) in [7, 11) is 0. The molecule has 222 valence electrons. The molecule has 48 heavy (non-hydrogen) atoms. The van der Waals surface area contributed by atoms with Crippen LogP contribution in [0.3, 0.4) is 0 Å². The Morgan fingerprint density at radius 2 is 0.938 bits per heavy atom. The molecule has 0 nitrogen and oxygen atoms in total. The van der Waals surface area contributed by atoms with E-state index in [0.29, 0.717) is 27.6 Å². The molecule has 0 aliphatic heterocycles. The Kier molecular flexibility index (Phi) is 4.46. The number of benzene rings is 10. The highest BCUT2D eigenvalue weighted by atomic mass is 14.2. The molecule has 0 saturated carbocycles. The van der Waals surface area contributed by atoms with Crippen molar-refractivity contribution in [1.82, 2.24) is 0 Å². The molecule has 0 amide bonds. The van der Waals surface area contributed by atoms with Gasteiger partial charge in [-0.2, -0.15) is 0 Å². The zero-order valence-electron chi connectivity index (χ0n) is 33.7. The maximum absolute atomic E-state index is 9.66. The summed E-state index contributed by atoms with van der Waals surface area (Å²) in [5.41, 5.74) is 3.68. The quantitative estimate of drug-likeness (QED) is 0.137. The van der Waals surface area contributed by atoms with Gasteiger partial charge in [0.25, 0.3) is 0 Å². The van der Waals surface area contributed by atoms with Crippen molar-refractivity contribution in [2.45, 2.75) is 0 Å². The van der Waals surface area contributed by atoms with Crippen LogP contribution in [-0.4, -0.2) is 0 Å². The number of rotatable bonds is 3. The second kappa shape index (κ2) is 10.7. The molecule has 0 heteroatoms. The number of fused-ring (bicyclic) bond motifs is 7. The maximum Gasteiger partial charge on any atom is 0.0636 e. The van der Waals surface area contributed by atoms with Crippen molar-refractivity contribution < 1.29 is 11.0 Å². The standard InChI is InChI=1S/C48H30/c1-2-14-34-30-45-36(28-33(34)13-1)27-26-32-17-10-25-44(46(32)45)48-39-20-6-4-15-35(39)29-37-18-11-24-43(47(37)48)42-22-8-7-21-41(42)40-23-9-16-31-12-3-5-19-38(31)40/h1-30H/i4D,6D,11D,15D,18D,20D,24D,29D. The van der Waals surface area contributed by atoms with E-state index < -0.39 is 12.1 Å². The molecular formula is C48H30. The molecule has 0 heterocycles. The Morgan fingerprint density at radius 1 is 0.312 bits per heavy atom. The first-order chi connectivity index (χ1) is 27.2. The third-order valence-electron chi connectivity index (χ3n) is 9.58. The molecule has 0 aliphatic carbocycles. The van der Waals surface area contributed by atoms with Gasteiger partial charge in [-0.3, -0.25) is 0 Å². The first-order valence-electron chi connectivity index (χ1n) is 20.0. The second-order valence-corrected chi connectivity index (χ2v) is 12.2. The molecule has 10 aromatic rings. The lowest BCUT2D eigenvalue weighted by atomic mass is 9.83. The molecule has 10 aromatic carbocycles. The van der Waals surface area contributed by atoms with Gasteiger partial charge in [0, 0.05) is 0 Å². The summed E-state index contributed by atoms with van der Waals surface area (Å²) < 4.78 is 74.0. The van der Waals surface area contributed by atoms with Gasteiger partial charge < -0.3 is 0 Å². The van der Waals surface area contributed by atoms with E-state index in [-0.39, 0.29) is 52.4 Å². The Morgan fingerprint density at radius 3 is 1.81 bits per heavy atom. The zero-order chi connectivity index (χ0) is 38.6. The van der Waals surface area contributed by atoms with Crippen molar-refractivity contribution in [2.75, 3.05) is 0 Å². The Bertz CT molecular complexity index is 3340. The van der Waals surface area contributed by atoms with Crippen LogP contribution in [0.1, 0.15) is 11.0 Å². The van der Waals surface area contributed by atoms with Crippen LogP contribution in [0.25, 0.3) is 98.0 Å². The third kappa shape index (κ3) is 4.10. The van der Waals surface area contributed by atoms with Gasteiger partial charge in [-0.15, -0.1) is 0 Å². The smallest absolute Gasteiger partial charge is 0.0616 e. The van der Waals surface area contributed by atoms with Crippen molar-refractivity contribution in [1.29, 1.82) is 0 Å². The topological polar surface area (TPSA) is 0 Å². The minimum Gasteiger partial charge on any atom is -0.0616 e. The van der Waals surface area contributed by atoms with Gasteiger partial charge in [-0.05, 0) is 116 Å². The van der Waals surface area contributed by atoms with Gasteiger partial charge >= 0.3 is 0 Å². The molecule has 0 spiro atoms. The summed E-state index contributed by atoms with van der Waals surface area (Å²) in [4.78, 5) is 0. The molecule has 0 unspecified atom stereocenters. The van der Waals surface area contributed by atoms with Gasteiger partial charge in [-0.25, -0.2) is 0 Å². The van der Waals surface area contributed by atoms with E-state index in [1.165, 1.54) is 0 Å². The predicted molar refractivity (Wildman–Crippen MR) is 208 cm³/mol. The van der Waals surface area contributed by atoms with E-state index >= 15 is 0 Å². The number of hydrogen-bond donors (Lipinski definition) is 0. The van der Waals surface area contributed by atoms with Gasteiger partial charge in [0.1, 0.15) is 0 Å². The highest BCUT2D eigenvalue weighted by molar-refractivity contribution is 6.25. The van der Waals surface area contributed by atoms with Crippen molar-refractivity contribution in [3.63, 3.8) is 0 Å². The maximum atomic E-state index is 9.66. The monoisotopic (exact) mass is 614 g/mol. The molecule has 0 atom stereocenters. The molecule has 0 radical (unpaired) electrons. The summed E-state index contributed by atoms with van der Waals surface area (Å²) >= 11 is 0. The summed E-state index contributed by atoms with van der Waals surface area (Å²) in [6.45, 7) is 0. The Balaban J connectivity index is 1.49. The van der Waals surface area contributed by atoms with Gasteiger partial charge in [0.05, 0.1) is 11.0 Å². The van der Waals surface area contributed by atoms with E-state index in [2.05, 4.69) is 30.3 Å². The van der Waals surface area contributed by atoms with E-state index in [0.717, 1.165) is 54.2 Å². The van der Waals surface area contributed by atoms with Crippen LogP contribution < -0.4 is 0 Å². The first-order valence-corrected chi connectivity index (χ1v) is 16.0. The molecule has 0 aliphatic rings. The van der Waals surface area contributed by atoms with Gasteiger partial charge in [-0.1, -0.05) is 164 Å². The second-order valence-electron chi connectivity index (χ2n) is 12.2. The average molecular weight is 615 g/mol. The van der Waals surface area contributed by atoms with Crippen LogP contribution in [0.2, 0.25) is 0 Å². The fourth-order valence-corrected chi connectivity index (χ4v) is 7.47. The molecular weight excluding hydrogens is 577 g/mol. The average Bonchev–Trinajstić information content (AvgIpc) is 3.23. The predicted octanol–water partition coefficient (Wildman–Crippen LogP) is 13.6. The van der Waals surface area contributed by atoms with Crippen LogP contribution >= 0.6 is 0 Å². The Labute approximate surface area is 290 Å². The third-order valence-corrected chi connectivity index (χ3v) is 9.58. The fraction of sp³-hybridized carbons (Fsp3) is 0. The summed E-state index contributed by atoms with van der Waals surface area (Å²) in [6, 6.07) is 41.4. The SMILES string of the molecule is [2H]c1c([2H])c([2H])c2c(-c3cccc4ccc5cc6ccccc6cc5c34)c3c(-c4ccccc4-c4cccc5ccccc45)c([2H])c([2H])c([2H])c3c([2H])c2c1[2H]. The van der Waals surface area contributed by atoms with Crippen molar-refractivity contribution in [3.8, 4) is 33.4 Å². The minimum atomic E-state index is -0.479. The van der Waals surface area contributed by atoms with Gasteiger partial charge in [0.2, 0.25) is 0 Å². The lowest BCUT2D eigenvalue weighted by Crippen LogP contribution is -1.93. The Hall–Kier alpha value is -6.24. The van der Waals surface area contributed by atoms with Crippen molar-refractivity contribution in [2.24, 2.45) is 0 Å². The van der Waals surface area contributed by atoms with Crippen molar-refractivity contribution in [3.05, 3.63) is 182 Å². The van der Waals surface area contributed by atoms with E-state index in [4.69, 9.17) is 4.11 Å². The first kappa shape index (κ1) is 20.1. The van der Waals surface area contributed by atoms with Crippen LogP contribution in [-0.2, 0) is 0 Å². The largest absolute Gasteiger partial charge is 0.0636 e. The zero-order valence-corrected chi connectivity index (χ0v) is 25.7. The fourth-order valence-electron chi connectivity index (χ4n) is 7.47. The summed E-state index contributed by atoms with van der Waals surface area (Å²) in [6.07, 6.45) is 0. The highest BCUT2D eigenvalue weighted by Gasteiger charge is 2.19. The lowest BCUT2D eigenvalue weighted by molar-refractivity contribution is 1.62. The van der Waals surface area contributed by atoms with Crippen LogP contribution in [0.4, 0.5) is 0 Å². The normalized spacial score (nSPS) is 14.1. The van der Waals surface area contributed by atoms with E-state index in [9.17, 15) is 6.85 Å². The van der Waals surface area contributed by atoms with Gasteiger partial charge in [0.15, 0.2) is 0 Å². The minimum absolute atomic E-state index is 0.0277. The molecule has 10 rings (SSSR count). The highest BCUT2D eigenvalue weighted by Crippen LogP contribution is 2.47. The van der Waals surface area contributed by atoms with Crippen LogP contribution in [0.15, 0.2) is 182 Å². The van der Waals surface area contributed by atoms with E-state index in [1.807, 2.05) is 103 Å². The summed E-state index contributed by atoms with van der Waals surface area (Å²) in [5, 5.41) is 8.28. The lowest BCUT2D eigenvalue weighted by Gasteiger charge is -2.20. The van der Waals surface area contributed by atoms with Crippen LogP contribution in [0.5, 0.6) is 0 Å².